The van der Waals surface area contributed by atoms with Gasteiger partial charge in [0.15, 0.2) is 0 Å². The highest BCUT2D eigenvalue weighted by Crippen LogP contribution is 2.47. The van der Waals surface area contributed by atoms with Crippen molar-refractivity contribution in [3.05, 3.63) is 82.2 Å². The van der Waals surface area contributed by atoms with E-state index in [2.05, 4.69) is 20.0 Å². The Morgan fingerprint density at radius 1 is 0.791 bits per heavy atom. The first-order chi connectivity index (χ1) is 31.9. The summed E-state index contributed by atoms with van der Waals surface area (Å²) in [5.74, 6) is -2.55. The molecule has 2 aromatic heterocycles. The minimum Gasteiger partial charge on any atom is -0.469 e. The van der Waals surface area contributed by atoms with Gasteiger partial charge in [-0.15, -0.1) is 0 Å². The minimum atomic E-state index is -5.10. The van der Waals surface area contributed by atoms with Gasteiger partial charge in [-0.05, 0) is 86.6 Å². The number of benzene rings is 2. The predicted molar refractivity (Wildman–Crippen MR) is 242 cm³/mol. The number of anilines is 1. The van der Waals surface area contributed by atoms with Crippen LogP contribution in [0.15, 0.2) is 46.4 Å². The number of alkyl halides is 3. The van der Waals surface area contributed by atoms with Crippen LogP contribution in [0.1, 0.15) is 119 Å². The number of carbonyl (C=O) groups excluding carboxylic acids is 2. The molecular weight excluding hydrogens is 878 g/mol. The molecule has 4 aromatic rings. The van der Waals surface area contributed by atoms with Crippen LogP contribution in [0, 0.1) is 29.4 Å². The molecule has 67 heavy (non-hydrogen) atoms. The Balaban J connectivity index is 1.09. The number of amidine groups is 2. The second-order valence-electron chi connectivity index (χ2n) is 18.6. The van der Waals surface area contributed by atoms with E-state index < -0.39 is 47.5 Å². The summed E-state index contributed by atoms with van der Waals surface area (Å²) in [6.07, 6.45) is 2.98. The van der Waals surface area contributed by atoms with Crippen molar-refractivity contribution < 1.29 is 41.0 Å². The number of nitrogens with one attached hydrogen (secondary N) is 2. The number of amides is 2. The van der Waals surface area contributed by atoms with Crippen LogP contribution in [0.3, 0.4) is 0 Å². The van der Waals surface area contributed by atoms with Crippen LogP contribution < -0.4 is 16.4 Å². The van der Waals surface area contributed by atoms with Gasteiger partial charge in [0, 0.05) is 36.8 Å². The van der Waals surface area contributed by atoms with Crippen molar-refractivity contribution >= 4 is 46.7 Å². The summed E-state index contributed by atoms with van der Waals surface area (Å²) in [4.78, 5) is 58.4. The first kappa shape index (κ1) is 47.3. The van der Waals surface area contributed by atoms with Gasteiger partial charge < -0.3 is 45.6 Å². The van der Waals surface area contributed by atoms with Gasteiger partial charge in [0.05, 0.1) is 60.3 Å². The SMILES string of the molecule is COC(N)=N[C@H](C(=O)N1CCC[C@H]1c1nc2c([nH]1)CC([C@H]1CC[C@H](c3ccc4nc([C@@H]5CCCN5C(=O)[C@@H](N=C(N)OC)C(C)C)[nH]c4c3)N1c1cc(F)c(C(F)(F)F)cc1F)C=C2)C(C)C. The van der Waals surface area contributed by atoms with Gasteiger partial charge in [-0.2, -0.15) is 13.2 Å². The van der Waals surface area contributed by atoms with Gasteiger partial charge in [0.2, 0.25) is 11.8 Å². The van der Waals surface area contributed by atoms with Crippen molar-refractivity contribution in [2.75, 3.05) is 32.2 Å². The van der Waals surface area contributed by atoms with Crippen LogP contribution in [-0.4, -0.2) is 99.0 Å². The topological polar surface area (TPSA) is 196 Å². The van der Waals surface area contributed by atoms with Crippen molar-refractivity contribution in [2.45, 2.75) is 115 Å². The molecule has 3 aliphatic heterocycles. The van der Waals surface area contributed by atoms with Crippen molar-refractivity contribution in [1.29, 1.82) is 0 Å². The lowest BCUT2D eigenvalue weighted by Gasteiger charge is -2.37. The Hall–Kier alpha value is -6.21. The Labute approximate surface area is 385 Å². The Kier molecular flexibility index (Phi) is 13.3. The van der Waals surface area contributed by atoms with E-state index in [1.807, 2.05) is 58.0 Å². The second kappa shape index (κ2) is 18.8. The van der Waals surface area contributed by atoms with Crippen LogP contribution in [0.2, 0.25) is 0 Å². The number of halogens is 5. The lowest BCUT2D eigenvalue weighted by atomic mass is 9.88. The van der Waals surface area contributed by atoms with E-state index in [9.17, 15) is 22.8 Å². The van der Waals surface area contributed by atoms with E-state index in [4.69, 9.17) is 30.9 Å². The molecule has 360 valence electrons. The highest BCUT2D eigenvalue weighted by Gasteiger charge is 2.44. The van der Waals surface area contributed by atoms with E-state index in [-0.39, 0.29) is 65.4 Å². The molecule has 15 nitrogen and oxygen atoms in total. The molecule has 3 saturated heterocycles. The van der Waals surface area contributed by atoms with Crippen LogP contribution >= 0.6 is 0 Å². The highest BCUT2D eigenvalue weighted by atomic mass is 19.4. The smallest absolute Gasteiger partial charge is 0.419 e. The third-order valence-corrected chi connectivity index (χ3v) is 13.6. The number of methoxy groups -OCH3 is 2. The number of carbonyl (C=O) groups is 2. The molecule has 0 radical (unpaired) electrons. The lowest BCUT2D eigenvalue weighted by Crippen LogP contribution is -2.41. The number of H-pyrrole nitrogens is 2. The highest BCUT2D eigenvalue weighted by molar-refractivity contribution is 5.87. The third-order valence-electron chi connectivity index (χ3n) is 13.6. The number of hydrogen-bond donors (Lipinski definition) is 4. The zero-order valence-corrected chi connectivity index (χ0v) is 38.4. The first-order valence-electron chi connectivity index (χ1n) is 22.8. The van der Waals surface area contributed by atoms with E-state index in [1.54, 1.807) is 14.7 Å². The van der Waals surface area contributed by atoms with Crippen LogP contribution in [0.25, 0.3) is 17.1 Å². The van der Waals surface area contributed by atoms with Crippen molar-refractivity contribution in [1.82, 2.24) is 29.7 Å². The van der Waals surface area contributed by atoms with E-state index in [0.29, 0.717) is 79.6 Å². The number of aromatic nitrogens is 4. The minimum absolute atomic E-state index is 0.0803. The maximum atomic E-state index is 16.2. The maximum absolute atomic E-state index is 16.2. The lowest BCUT2D eigenvalue weighted by molar-refractivity contribution is -0.140. The monoisotopic (exact) mass is 935 g/mol. The van der Waals surface area contributed by atoms with Crippen LogP contribution in [0.4, 0.5) is 27.6 Å². The van der Waals surface area contributed by atoms with Crippen LogP contribution in [-0.2, 0) is 31.7 Å². The number of nitrogens with two attached hydrogens (primary N) is 2. The summed E-state index contributed by atoms with van der Waals surface area (Å²) in [5.41, 5.74) is 13.2. The Morgan fingerprint density at radius 2 is 1.39 bits per heavy atom. The van der Waals surface area contributed by atoms with E-state index in [1.165, 1.54) is 14.2 Å². The van der Waals surface area contributed by atoms with Gasteiger partial charge in [-0.25, -0.2) is 28.7 Å². The molecule has 0 spiro atoms. The van der Waals surface area contributed by atoms with Gasteiger partial charge in [0.1, 0.15) is 35.4 Å². The van der Waals surface area contributed by atoms with Crippen molar-refractivity contribution in [2.24, 2.45) is 39.2 Å². The molecule has 5 heterocycles. The van der Waals surface area contributed by atoms with E-state index in [0.717, 1.165) is 24.1 Å². The molecule has 6 N–H and O–H groups in total. The largest absolute Gasteiger partial charge is 0.469 e. The number of hydrogen-bond acceptors (Lipinski definition) is 9. The Bertz CT molecular complexity index is 2590. The summed E-state index contributed by atoms with van der Waals surface area (Å²) in [6.45, 7) is 8.56. The number of rotatable bonds is 11. The average molecular weight is 936 g/mol. The molecule has 2 aromatic carbocycles. The van der Waals surface area contributed by atoms with Crippen molar-refractivity contribution in [3.63, 3.8) is 0 Å². The number of imidazole rings is 2. The second-order valence-corrected chi connectivity index (χ2v) is 18.6. The number of aliphatic imine (C=N–C) groups is 2. The maximum Gasteiger partial charge on any atom is 0.419 e. The zero-order chi connectivity index (χ0) is 48.1. The number of ether oxygens (including phenoxy) is 2. The Morgan fingerprint density at radius 3 is 1.96 bits per heavy atom. The van der Waals surface area contributed by atoms with Crippen LogP contribution in [0.5, 0.6) is 0 Å². The molecule has 7 atom stereocenters. The molecule has 0 bridgehead atoms. The third kappa shape index (κ3) is 9.27. The van der Waals surface area contributed by atoms with Gasteiger partial charge in [-0.3, -0.25) is 9.59 Å². The number of fused-ring (bicyclic) bond motifs is 2. The standard InChI is InChI=1S/C47H58F5N11O4/c1-23(2)39(59-45(53)66-5)43(64)61-17-7-9-36(61)41-55-30-13-11-25(19-32(30)57-41)34-15-16-35(63(34)38-22-28(48)27(21-29(38)49)47(50,51)52)26-12-14-31-33(20-26)58-42(56-31)37-10-8-18-62(37)44(65)40(24(3)4)60-46(54)67-6/h11-14,19,21-24,26,34-37,39-40H,7-10,15-18,20H2,1-6H3,(H2,53,59)(H2,54,60)(H,55,57)(H,56,58)/t26?,34-,35-,36+,37+,39+,40+/m1/s1. The van der Waals surface area contributed by atoms with E-state index >= 15 is 8.78 Å². The first-order valence-corrected chi connectivity index (χ1v) is 22.8. The van der Waals surface area contributed by atoms with Gasteiger partial charge in [0.25, 0.3) is 12.0 Å². The molecule has 3 fully saturated rings. The van der Waals surface area contributed by atoms with Crippen molar-refractivity contribution in [3.8, 4) is 0 Å². The fraction of sp³-hybridized carbons (Fsp3) is 0.532. The number of nitrogens with zero attached hydrogens (tertiary/aromatic N) is 7. The predicted octanol–water partition coefficient (Wildman–Crippen LogP) is 7.48. The fourth-order valence-corrected chi connectivity index (χ4v) is 10.3. The summed E-state index contributed by atoms with van der Waals surface area (Å²) >= 11 is 0. The zero-order valence-electron chi connectivity index (χ0n) is 38.4. The number of likely N-dealkylation sites (tertiary alicyclic amines) is 2. The molecule has 4 aliphatic rings. The quantitative estimate of drug-likeness (QED) is 0.0670. The van der Waals surface area contributed by atoms with Gasteiger partial charge in [-0.1, -0.05) is 39.8 Å². The normalized spacial score (nSPS) is 23.5. The molecule has 1 aliphatic carbocycles. The summed E-state index contributed by atoms with van der Waals surface area (Å²) in [5, 5.41) is 0. The molecule has 8 rings (SSSR count). The summed E-state index contributed by atoms with van der Waals surface area (Å²) in [7, 11) is 2.78. The summed E-state index contributed by atoms with van der Waals surface area (Å²) < 4.78 is 83.3. The molecule has 0 saturated carbocycles. The van der Waals surface area contributed by atoms with Gasteiger partial charge >= 0.3 is 6.18 Å². The number of aromatic amines is 2. The molecular formula is C47H58F5N11O4. The average Bonchev–Trinajstić information content (AvgIpc) is 4.15. The molecule has 1 unspecified atom stereocenters. The fourth-order valence-electron chi connectivity index (χ4n) is 10.3. The molecule has 20 heteroatoms. The molecule has 2 amide bonds. The summed E-state index contributed by atoms with van der Waals surface area (Å²) in [6, 6.07) is 3.02.